The topological polar surface area (TPSA) is 87.0 Å². The number of hydrogen-bond donors (Lipinski definition) is 0. The molecule has 0 spiro atoms. The Morgan fingerprint density at radius 3 is 2.56 bits per heavy atom. The van der Waals surface area contributed by atoms with E-state index in [0.29, 0.717) is 33.8 Å². The van der Waals surface area contributed by atoms with Crippen LogP contribution in [0, 0.1) is 22.7 Å². The molecule has 0 atom stereocenters. The number of nitrogens with zero attached hydrogens (tertiary/aromatic N) is 2. The highest BCUT2D eigenvalue weighted by molar-refractivity contribution is 5.91. The molecule has 0 radical (unpaired) electrons. The van der Waals surface area contributed by atoms with Crippen LogP contribution in [0.1, 0.15) is 27.2 Å². The van der Waals surface area contributed by atoms with E-state index in [1.807, 2.05) is 6.07 Å². The first kappa shape index (κ1) is 17.7. The Bertz CT molecular complexity index is 1110. The highest BCUT2D eigenvalue weighted by atomic mass is 16.5. The molecule has 3 rings (SSSR count). The van der Waals surface area contributed by atoms with Gasteiger partial charge in [-0.1, -0.05) is 24.3 Å². The molecule has 0 bridgehead atoms. The molecule has 5 heteroatoms. The summed E-state index contributed by atoms with van der Waals surface area (Å²) in [5.41, 5.74) is 2.66. The van der Waals surface area contributed by atoms with Gasteiger partial charge in [-0.25, -0.2) is 4.79 Å². The quantitative estimate of drug-likeness (QED) is 0.502. The normalized spacial score (nSPS) is 10.7. The van der Waals surface area contributed by atoms with Gasteiger partial charge in [-0.15, -0.1) is 0 Å². The molecule has 1 heterocycles. The van der Waals surface area contributed by atoms with Gasteiger partial charge in [0.1, 0.15) is 11.5 Å². The number of methoxy groups -OCH3 is 1. The number of benzene rings is 2. The van der Waals surface area contributed by atoms with E-state index < -0.39 is 5.97 Å². The lowest BCUT2D eigenvalue weighted by Crippen LogP contribution is -2.00. The van der Waals surface area contributed by atoms with Crippen LogP contribution in [-0.2, 0) is 4.74 Å². The van der Waals surface area contributed by atoms with Crippen LogP contribution < -0.4 is 0 Å². The van der Waals surface area contributed by atoms with Gasteiger partial charge in [-0.3, -0.25) is 0 Å². The van der Waals surface area contributed by atoms with E-state index >= 15 is 0 Å². The minimum atomic E-state index is -0.423. The van der Waals surface area contributed by atoms with Crippen LogP contribution in [0.25, 0.3) is 23.0 Å². The predicted molar refractivity (Wildman–Crippen MR) is 100 cm³/mol. The maximum absolute atomic E-state index is 11.7. The summed E-state index contributed by atoms with van der Waals surface area (Å²) in [7, 11) is 1.33. The van der Waals surface area contributed by atoms with E-state index in [1.54, 1.807) is 60.7 Å². The Morgan fingerprint density at radius 2 is 1.81 bits per heavy atom. The molecule has 27 heavy (non-hydrogen) atoms. The Morgan fingerprint density at radius 1 is 1.04 bits per heavy atom. The average molecular weight is 354 g/mol. The zero-order valence-corrected chi connectivity index (χ0v) is 14.5. The second-order valence-electron chi connectivity index (χ2n) is 5.64. The molecule has 0 unspecified atom stereocenters. The molecule has 0 N–H and O–H groups in total. The molecule has 0 aliphatic heterocycles. The van der Waals surface area contributed by atoms with E-state index in [9.17, 15) is 10.1 Å². The standard InChI is InChI=1S/C22H14N2O3/c1-26-22(25)18-7-3-6-17(11-18)21-9-8-20(27-21)12-19(14-24)16-5-2-4-15(10-16)13-23/h2-12H,1H3. The SMILES string of the molecule is COC(=O)c1cccc(-c2ccc(C=C(C#N)c3cccc(C#N)c3)o2)c1. The van der Waals surface area contributed by atoms with Crippen molar-refractivity contribution in [3.8, 4) is 23.5 Å². The molecule has 130 valence electrons. The van der Waals surface area contributed by atoms with Gasteiger partial charge in [-0.2, -0.15) is 10.5 Å². The first-order valence-corrected chi connectivity index (χ1v) is 8.05. The molecular formula is C22H14N2O3. The maximum atomic E-state index is 11.7. The number of rotatable bonds is 4. The fourth-order valence-electron chi connectivity index (χ4n) is 2.58. The first-order chi connectivity index (χ1) is 13.1. The van der Waals surface area contributed by atoms with Crippen molar-refractivity contribution in [2.24, 2.45) is 0 Å². The Balaban J connectivity index is 1.93. The van der Waals surface area contributed by atoms with Crippen LogP contribution in [0.3, 0.4) is 0 Å². The molecule has 5 nitrogen and oxygen atoms in total. The van der Waals surface area contributed by atoms with Crippen molar-refractivity contribution in [1.29, 1.82) is 10.5 Å². The molecular weight excluding hydrogens is 340 g/mol. The number of carbonyl (C=O) groups excluding carboxylic acids is 1. The smallest absolute Gasteiger partial charge is 0.337 e. The van der Waals surface area contributed by atoms with Crippen LogP contribution in [0.15, 0.2) is 65.1 Å². The number of esters is 1. The van der Waals surface area contributed by atoms with Crippen LogP contribution in [0.2, 0.25) is 0 Å². The lowest BCUT2D eigenvalue weighted by molar-refractivity contribution is 0.0601. The molecule has 0 aliphatic rings. The number of hydrogen-bond acceptors (Lipinski definition) is 5. The third kappa shape index (κ3) is 3.95. The van der Waals surface area contributed by atoms with Gasteiger partial charge >= 0.3 is 5.97 Å². The second-order valence-corrected chi connectivity index (χ2v) is 5.64. The summed E-state index contributed by atoms with van der Waals surface area (Å²) >= 11 is 0. The van der Waals surface area contributed by atoms with Gasteiger partial charge in [0.2, 0.25) is 0 Å². The van der Waals surface area contributed by atoms with Crippen molar-refractivity contribution in [3.05, 3.63) is 83.1 Å². The van der Waals surface area contributed by atoms with E-state index in [2.05, 4.69) is 12.1 Å². The molecule has 0 fully saturated rings. The van der Waals surface area contributed by atoms with Crippen molar-refractivity contribution in [3.63, 3.8) is 0 Å². The fraction of sp³-hybridized carbons (Fsp3) is 0.0455. The van der Waals surface area contributed by atoms with Crippen molar-refractivity contribution < 1.29 is 13.9 Å². The molecule has 0 aliphatic carbocycles. The summed E-state index contributed by atoms with van der Waals surface area (Å²) < 4.78 is 10.5. The molecule has 0 saturated carbocycles. The van der Waals surface area contributed by atoms with Gasteiger partial charge < -0.3 is 9.15 Å². The zero-order chi connectivity index (χ0) is 19.2. The molecule has 0 saturated heterocycles. The number of nitriles is 2. The van der Waals surface area contributed by atoms with Crippen molar-refractivity contribution in [2.75, 3.05) is 7.11 Å². The summed E-state index contributed by atoms with van der Waals surface area (Å²) in [5.74, 6) is 0.634. The van der Waals surface area contributed by atoms with Crippen molar-refractivity contribution in [2.45, 2.75) is 0 Å². The van der Waals surface area contributed by atoms with Gasteiger partial charge in [0.25, 0.3) is 0 Å². The van der Waals surface area contributed by atoms with Crippen LogP contribution >= 0.6 is 0 Å². The largest absolute Gasteiger partial charge is 0.465 e. The molecule has 0 amide bonds. The van der Waals surface area contributed by atoms with E-state index in [0.717, 1.165) is 5.56 Å². The number of furan rings is 1. The Labute approximate surface area is 156 Å². The van der Waals surface area contributed by atoms with E-state index in [1.165, 1.54) is 7.11 Å². The van der Waals surface area contributed by atoms with Crippen molar-refractivity contribution in [1.82, 2.24) is 0 Å². The number of allylic oxidation sites excluding steroid dienone is 1. The van der Waals surface area contributed by atoms with Gasteiger partial charge in [0.15, 0.2) is 0 Å². The Hall–Kier alpha value is -4.09. The van der Waals surface area contributed by atoms with Gasteiger partial charge in [0, 0.05) is 5.56 Å². The molecule has 1 aromatic heterocycles. The lowest BCUT2D eigenvalue weighted by Gasteiger charge is -2.02. The second kappa shape index (κ2) is 7.86. The summed E-state index contributed by atoms with van der Waals surface area (Å²) in [6.45, 7) is 0. The summed E-state index contributed by atoms with van der Waals surface area (Å²) in [6, 6.07) is 21.4. The maximum Gasteiger partial charge on any atom is 0.337 e. The van der Waals surface area contributed by atoms with Crippen LogP contribution in [0.5, 0.6) is 0 Å². The zero-order valence-electron chi connectivity index (χ0n) is 14.5. The molecule has 2 aromatic carbocycles. The number of ether oxygens (including phenoxy) is 1. The third-order valence-corrected chi connectivity index (χ3v) is 3.90. The average Bonchev–Trinajstić information content (AvgIpc) is 3.20. The minimum Gasteiger partial charge on any atom is -0.465 e. The van der Waals surface area contributed by atoms with Crippen LogP contribution in [-0.4, -0.2) is 13.1 Å². The summed E-state index contributed by atoms with van der Waals surface area (Å²) in [4.78, 5) is 11.7. The summed E-state index contributed by atoms with van der Waals surface area (Å²) in [5, 5.41) is 18.5. The molecule has 3 aromatic rings. The first-order valence-electron chi connectivity index (χ1n) is 8.05. The predicted octanol–water partition coefficient (Wildman–Crippen LogP) is 4.67. The summed E-state index contributed by atoms with van der Waals surface area (Å²) in [6.07, 6.45) is 1.62. The van der Waals surface area contributed by atoms with Crippen LogP contribution in [0.4, 0.5) is 0 Å². The lowest BCUT2D eigenvalue weighted by atomic mass is 10.0. The van der Waals surface area contributed by atoms with Crippen molar-refractivity contribution >= 4 is 17.6 Å². The minimum absolute atomic E-state index is 0.385. The van der Waals surface area contributed by atoms with Gasteiger partial charge in [0.05, 0.1) is 35.9 Å². The van der Waals surface area contributed by atoms with E-state index in [-0.39, 0.29) is 0 Å². The fourth-order valence-corrected chi connectivity index (χ4v) is 2.58. The van der Waals surface area contributed by atoms with Gasteiger partial charge in [-0.05, 0) is 48.0 Å². The highest BCUT2D eigenvalue weighted by Crippen LogP contribution is 2.26. The third-order valence-electron chi connectivity index (χ3n) is 3.90. The Kier molecular flexibility index (Phi) is 5.16. The van der Waals surface area contributed by atoms with E-state index in [4.69, 9.17) is 14.4 Å². The number of carbonyl (C=O) groups is 1. The monoisotopic (exact) mass is 354 g/mol. The highest BCUT2D eigenvalue weighted by Gasteiger charge is 2.10.